The van der Waals surface area contributed by atoms with Crippen LogP contribution in [-0.4, -0.2) is 24.7 Å². The number of aromatic nitrogens is 4. The van der Waals surface area contributed by atoms with Crippen molar-refractivity contribution in [1.29, 1.82) is 0 Å². The van der Waals surface area contributed by atoms with Crippen LogP contribution in [-0.2, 0) is 20.0 Å². The van der Waals surface area contributed by atoms with Crippen molar-refractivity contribution in [3.63, 3.8) is 0 Å². The van der Waals surface area contributed by atoms with Crippen LogP contribution in [0.15, 0.2) is 18.3 Å². The smallest absolute Gasteiger partial charge is 0.137 e. The van der Waals surface area contributed by atoms with Gasteiger partial charge in [-0.1, -0.05) is 13.8 Å². The SMILES string of the molecule is CCCn1nccc1C(O)c1cc(CC)nn1C. The number of aliphatic hydroxyl groups excluding tert-OH is 1. The fourth-order valence-corrected chi connectivity index (χ4v) is 2.10. The predicted octanol–water partition coefficient (Wildman–Crippen LogP) is 1.67. The van der Waals surface area contributed by atoms with Gasteiger partial charge in [-0.15, -0.1) is 0 Å². The van der Waals surface area contributed by atoms with E-state index in [4.69, 9.17) is 0 Å². The highest BCUT2D eigenvalue weighted by Crippen LogP contribution is 2.22. The maximum atomic E-state index is 10.5. The Morgan fingerprint density at radius 3 is 2.72 bits per heavy atom. The van der Waals surface area contributed by atoms with Gasteiger partial charge in [0, 0.05) is 19.8 Å². The van der Waals surface area contributed by atoms with Crippen molar-refractivity contribution in [3.8, 4) is 0 Å². The van der Waals surface area contributed by atoms with Gasteiger partial charge in [-0.25, -0.2) is 0 Å². The van der Waals surface area contributed by atoms with E-state index in [0.717, 1.165) is 36.5 Å². The van der Waals surface area contributed by atoms with Gasteiger partial charge in [-0.05, 0) is 25.0 Å². The predicted molar refractivity (Wildman–Crippen MR) is 69.2 cm³/mol. The van der Waals surface area contributed by atoms with Gasteiger partial charge < -0.3 is 5.11 Å². The van der Waals surface area contributed by atoms with Gasteiger partial charge >= 0.3 is 0 Å². The van der Waals surface area contributed by atoms with Gasteiger partial charge in [0.25, 0.3) is 0 Å². The molecule has 0 saturated heterocycles. The molecule has 0 aromatic carbocycles. The van der Waals surface area contributed by atoms with Crippen LogP contribution in [0, 0.1) is 0 Å². The quantitative estimate of drug-likeness (QED) is 0.875. The number of aryl methyl sites for hydroxylation is 3. The Balaban J connectivity index is 2.31. The van der Waals surface area contributed by atoms with Crippen molar-refractivity contribution in [2.45, 2.75) is 39.3 Å². The molecule has 0 aliphatic heterocycles. The minimum Gasteiger partial charge on any atom is -0.380 e. The van der Waals surface area contributed by atoms with Crippen LogP contribution in [0.2, 0.25) is 0 Å². The summed E-state index contributed by atoms with van der Waals surface area (Å²) in [6.07, 6.45) is 2.92. The molecule has 2 heterocycles. The summed E-state index contributed by atoms with van der Waals surface area (Å²) in [4.78, 5) is 0. The van der Waals surface area contributed by atoms with Crippen molar-refractivity contribution >= 4 is 0 Å². The molecule has 5 heteroatoms. The molecular weight excluding hydrogens is 228 g/mol. The fourth-order valence-electron chi connectivity index (χ4n) is 2.10. The molecule has 0 saturated carbocycles. The Bertz CT molecular complexity index is 515. The third kappa shape index (κ3) is 2.31. The van der Waals surface area contributed by atoms with Gasteiger partial charge in [0.05, 0.1) is 17.1 Å². The zero-order valence-electron chi connectivity index (χ0n) is 11.2. The Morgan fingerprint density at radius 2 is 2.11 bits per heavy atom. The molecule has 0 fully saturated rings. The molecule has 18 heavy (non-hydrogen) atoms. The molecule has 2 aromatic rings. The van der Waals surface area contributed by atoms with Crippen LogP contribution in [0.4, 0.5) is 0 Å². The molecule has 0 aliphatic carbocycles. The second-order valence-electron chi connectivity index (χ2n) is 4.42. The lowest BCUT2D eigenvalue weighted by Gasteiger charge is -2.13. The zero-order valence-corrected chi connectivity index (χ0v) is 11.2. The monoisotopic (exact) mass is 248 g/mol. The van der Waals surface area contributed by atoms with Gasteiger partial charge in [-0.3, -0.25) is 9.36 Å². The molecule has 1 unspecified atom stereocenters. The molecular formula is C13H20N4O. The van der Waals surface area contributed by atoms with Gasteiger partial charge in [0.15, 0.2) is 0 Å². The summed E-state index contributed by atoms with van der Waals surface area (Å²) in [5.41, 5.74) is 2.63. The van der Waals surface area contributed by atoms with Gasteiger partial charge in [0.1, 0.15) is 6.10 Å². The summed E-state index contributed by atoms with van der Waals surface area (Å²) < 4.78 is 3.59. The summed E-state index contributed by atoms with van der Waals surface area (Å²) in [5.74, 6) is 0. The van der Waals surface area contributed by atoms with E-state index in [2.05, 4.69) is 24.0 Å². The van der Waals surface area contributed by atoms with Crippen LogP contribution in [0.5, 0.6) is 0 Å². The average molecular weight is 248 g/mol. The molecule has 1 atom stereocenters. The van der Waals surface area contributed by atoms with Crippen molar-refractivity contribution in [3.05, 3.63) is 35.4 Å². The highest BCUT2D eigenvalue weighted by molar-refractivity contribution is 5.21. The summed E-state index contributed by atoms with van der Waals surface area (Å²) in [5, 5.41) is 19.1. The van der Waals surface area contributed by atoms with Gasteiger partial charge in [-0.2, -0.15) is 10.2 Å². The van der Waals surface area contributed by atoms with Crippen molar-refractivity contribution in [1.82, 2.24) is 19.6 Å². The third-order valence-corrected chi connectivity index (χ3v) is 3.07. The molecule has 1 N–H and O–H groups in total. The topological polar surface area (TPSA) is 55.9 Å². The van der Waals surface area contributed by atoms with E-state index in [0.29, 0.717) is 0 Å². The Morgan fingerprint density at radius 1 is 1.33 bits per heavy atom. The van der Waals surface area contributed by atoms with Gasteiger partial charge in [0.2, 0.25) is 0 Å². The Hall–Kier alpha value is -1.62. The molecule has 0 bridgehead atoms. The fraction of sp³-hybridized carbons (Fsp3) is 0.538. The Labute approximate surface area is 107 Å². The third-order valence-electron chi connectivity index (χ3n) is 3.07. The second kappa shape index (κ2) is 5.35. The standard InChI is InChI=1S/C13H20N4O/c1-4-8-17-11(6-7-14-17)13(18)12-9-10(5-2)15-16(12)3/h6-7,9,13,18H,4-5,8H2,1-3H3. The number of hydrogen-bond donors (Lipinski definition) is 1. The first-order valence-corrected chi connectivity index (χ1v) is 6.40. The Kier molecular flexibility index (Phi) is 3.81. The maximum absolute atomic E-state index is 10.5. The van der Waals surface area contributed by atoms with Crippen LogP contribution < -0.4 is 0 Å². The molecule has 0 aliphatic rings. The molecule has 0 spiro atoms. The van der Waals surface area contributed by atoms with Crippen molar-refractivity contribution in [2.24, 2.45) is 7.05 Å². The highest BCUT2D eigenvalue weighted by atomic mass is 16.3. The van der Waals surface area contributed by atoms with Crippen LogP contribution in [0.3, 0.4) is 0 Å². The summed E-state index contributed by atoms with van der Waals surface area (Å²) in [6, 6.07) is 3.81. The van der Waals surface area contributed by atoms with E-state index >= 15 is 0 Å². The van der Waals surface area contributed by atoms with Crippen LogP contribution in [0.25, 0.3) is 0 Å². The zero-order chi connectivity index (χ0) is 13.1. The van der Waals surface area contributed by atoms with Crippen LogP contribution in [0.1, 0.15) is 43.5 Å². The van der Waals surface area contributed by atoms with E-state index in [-0.39, 0.29) is 0 Å². The van der Waals surface area contributed by atoms with E-state index in [1.807, 2.05) is 23.9 Å². The lowest BCUT2D eigenvalue weighted by molar-refractivity contribution is 0.197. The van der Waals surface area contributed by atoms with E-state index in [1.54, 1.807) is 10.9 Å². The number of hydrogen-bond acceptors (Lipinski definition) is 3. The normalized spacial score (nSPS) is 12.9. The minimum absolute atomic E-state index is 0.670. The summed E-state index contributed by atoms with van der Waals surface area (Å²) in [6.45, 7) is 4.97. The number of aliphatic hydroxyl groups is 1. The first-order chi connectivity index (χ1) is 8.67. The van der Waals surface area contributed by atoms with E-state index in [9.17, 15) is 5.11 Å². The first-order valence-electron chi connectivity index (χ1n) is 6.40. The van der Waals surface area contributed by atoms with Crippen molar-refractivity contribution < 1.29 is 5.11 Å². The molecule has 0 amide bonds. The number of nitrogens with zero attached hydrogens (tertiary/aromatic N) is 4. The number of rotatable bonds is 5. The average Bonchev–Trinajstić information content (AvgIpc) is 2.95. The second-order valence-corrected chi connectivity index (χ2v) is 4.42. The van der Waals surface area contributed by atoms with Crippen LogP contribution >= 0.6 is 0 Å². The lowest BCUT2D eigenvalue weighted by atomic mass is 10.1. The largest absolute Gasteiger partial charge is 0.380 e. The summed E-state index contributed by atoms with van der Waals surface area (Å²) in [7, 11) is 1.86. The molecule has 5 nitrogen and oxygen atoms in total. The summed E-state index contributed by atoms with van der Waals surface area (Å²) >= 11 is 0. The lowest BCUT2D eigenvalue weighted by Crippen LogP contribution is -2.13. The molecule has 2 rings (SSSR count). The molecule has 0 radical (unpaired) electrons. The maximum Gasteiger partial charge on any atom is 0.137 e. The van der Waals surface area contributed by atoms with E-state index in [1.165, 1.54) is 0 Å². The van der Waals surface area contributed by atoms with E-state index < -0.39 is 6.10 Å². The first kappa shape index (κ1) is 12.8. The minimum atomic E-state index is -0.670. The molecule has 98 valence electrons. The highest BCUT2D eigenvalue weighted by Gasteiger charge is 2.19. The van der Waals surface area contributed by atoms with Crippen molar-refractivity contribution in [2.75, 3.05) is 0 Å². The molecule has 2 aromatic heterocycles.